The van der Waals surface area contributed by atoms with Gasteiger partial charge in [-0.15, -0.1) is 0 Å². The molecule has 0 heterocycles. The maximum atomic E-state index is 5.41. The van der Waals surface area contributed by atoms with Gasteiger partial charge in [0, 0.05) is 7.05 Å². The van der Waals surface area contributed by atoms with Crippen LogP contribution >= 0.6 is 23.7 Å². The third-order valence-corrected chi connectivity index (χ3v) is 1.05. The van der Waals surface area contributed by atoms with Crippen LogP contribution < -0.4 is 0 Å². The van der Waals surface area contributed by atoms with Gasteiger partial charge < -0.3 is 0 Å². The third-order valence-electron chi connectivity index (χ3n) is 0.282. The molecule has 7 heavy (non-hydrogen) atoms. The van der Waals surface area contributed by atoms with Crippen molar-refractivity contribution in [1.82, 2.24) is 3.82 Å². The second-order valence-electron chi connectivity index (χ2n) is 1.21. The highest BCUT2D eigenvalue weighted by Gasteiger charge is 1.89. The van der Waals surface area contributed by atoms with Crippen molar-refractivity contribution < 1.29 is 0 Å². The second kappa shape index (κ2) is 3.36. The van der Waals surface area contributed by atoms with Gasteiger partial charge in [-0.1, -0.05) is 6.58 Å². The number of halogens is 1. The van der Waals surface area contributed by atoms with E-state index in [1.807, 2.05) is 6.92 Å². The zero-order valence-corrected chi connectivity index (χ0v) is 6.01. The van der Waals surface area contributed by atoms with Gasteiger partial charge in [0.2, 0.25) is 0 Å². The number of allylic oxidation sites excluding steroid dienone is 1. The van der Waals surface area contributed by atoms with Crippen LogP contribution in [0.15, 0.2) is 11.5 Å². The van der Waals surface area contributed by atoms with E-state index >= 15 is 0 Å². The molecule has 0 saturated heterocycles. The highest BCUT2D eigenvalue weighted by Crippen LogP contribution is 2.17. The van der Waals surface area contributed by atoms with E-state index in [-0.39, 0.29) is 0 Å². The number of hydrogen-bond donors (Lipinski definition) is 0. The predicted molar refractivity (Wildman–Crippen MR) is 36.0 cm³/mol. The maximum Gasteiger partial charge on any atom is 0.0142 e. The number of rotatable bonds is 2. The Morgan fingerprint density at radius 1 is 1.86 bits per heavy atom. The summed E-state index contributed by atoms with van der Waals surface area (Å²) in [5.74, 6) is 0. The summed E-state index contributed by atoms with van der Waals surface area (Å²) in [6.45, 7) is 5.54. The summed E-state index contributed by atoms with van der Waals surface area (Å²) in [5.41, 5.74) is 0. The van der Waals surface area contributed by atoms with Gasteiger partial charge in [-0.2, -0.15) is 3.82 Å². The van der Waals surface area contributed by atoms with Gasteiger partial charge in [-0.3, -0.25) is 0 Å². The van der Waals surface area contributed by atoms with E-state index in [1.165, 1.54) is 15.8 Å². The number of nitrogens with zero attached hydrogens (tertiary/aromatic N) is 1. The zero-order valence-electron chi connectivity index (χ0n) is 4.44. The lowest BCUT2D eigenvalue weighted by Crippen LogP contribution is -1.88. The largest absolute Gasteiger partial charge is 0.162 e. The Hall–Kier alpha value is 0.340. The number of hydrogen-bond acceptors (Lipinski definition) is 2. The van der Waals surface area contributed by atoms with Gasteiger partial charge in [-0.25, -0.2) is 0 Å². The Morgan fingerprint density at radius 3 is 2.29 bits per heavy atom. The lowest BCUT2D eigenvalue weighted by Gasteiger charge is -2.01. The van der Waals surface area contributed by atoms with Crippen LogP contribution in [0, 0.1) is 0 Å². The SMILES string of the molecule is C=C(C)SN(C)Cl. The minimum atomic E-state index is 0.998. The molecule has 0 radical (unpaired) electrons. The predicted octanol–water partition coefficient (Wildman–Crippen LogP) is 2.25. The van der Waals surface area contributed by atoms with Crippen LogP contribution in [0.25, 0.3) is 0 Å². The van der Waals surface area contributed by atoms with Crippen molar-refractivity contribution in [3.63, 3.8) is 0 Å². The first-order valence-electron chi connectivity index (χ1n) is 1.86. The molecule has 0 aliphatic carbocycles. The molecule has 0 aliphatic rings. The quantitative estimate of drug-likeness (QED) is 0.424. The van der Waals surface area contributed by atoms with Crippen molar-refractivity contribution >= 4 is 23.7 Å². The molecule has 0 aromatic rings. The van der Waals surface area contributed by atoms with Crippen LogP contribution in [0.4, 0.5) is 0 Å². The van der Waals surface area contributed by atoms with Crippen LogP contribution in [-0.2, 0) is 0 Å². The van der Waals surface area contributed by atoms with E-state index in [0.717, 1.165) is 4.91 Å². The summed E-state index contributed by atoms with van der Waals surface area (Å²) < 4.78 is 1.49. The van der Waals surface area contributed by atoms with Crippen LogP contribution in [0.2, 0.25) is 0 Å². The Labute approximate surface area is 53.6 Å². The van der Waals surface area contributed by atoms with E-state index in [1.54, 1.807) is 7.05 Å². The monoisotopic (exact) mass is 137 g/mol. The fraction of sp³-hybridized carbons (Fsp3) is 0.500. The van der Waals surface area contributed by atoms with E-state index in [4.69, 9.17) is 11.8 Å². The summed E-state index contributed by atoms with van der Waals surface area (Å²) in [6.07, 6.45) is 0. The Bertz CT molecular complexity index is 72.1. The van der Waals surface area contributed by atoms with Crippen LogP contribution in [0.1, 0.15) is 6.92 Å². The molecule has 0 atom stereocenters. The highest BCUT2D eigenvalue weighted by atomic mass is 35.5. The average Bonchev–Trinajstić information content (AvgIpc) is 1.27. The molecule has 0 fully saturated rings. The molecule has 3 heteroatoms. The Balaban J connectivity index is 3.13. The molecule has 0 saturated carbocycles. The van der Waals surface area contributed by atoms with Gasteiger partial charge in [-0.05, 0) is 35.6 Å². The van der Waals surface area contributed by atoms with E-state index < -0.39 is 0 Å². The summed E-state index contributed by atoms with van der Waals surface area (Å²) >= 11 is 6.82. The first-order chi connectivity index (χ1) is 3.13. The third kappa shape index (κ3) is 6.34. The Morgan fingerprint density at radius 2 is 2.29 bits per heavy atom. The van der Waals surface area contributed by atoms with Gasteiger partial charge in [0.05, 0.1) is 0 Å². The van der Waals surface area contributed by atoms with Gasteiger partial charge in [0.1, 0.15) is 0 Å². The van der Waals surface area contributed by atoms with Crippen LogP contribution in [0.3, 0.4) is 0 Å². The van der Waals surface area contributed by atoms with E-state index in [2.05, 4.69) is 6.58 Å². The van der Waals surface area contributed by atoms with Crippen molar-refractivity contribution in [3.8, 4) is 0 Å². The first kappa shape index (κ1) is 7.34. The standard InChI is InChI=1S/C4H8ClNS/c1-4(2)7-6(3)5/h1H2,2-3H3. The molecule has 0 bridgehead atoms. The fourth-order valence-corrected chi connectivity index (χ4v) is 0.998. The summed E-state index contributed by atoms with van der Waals surface area (Å²) in [4.78, 5) is 0.998. The molecule has 0 N–H and O–H groups in total. The molecule has 0 aromatic carbocycles. The molecule has 42 valence electrons. The lowest BCUT2D eigenvalue weighted by atomic mass is 10.8. The maximum absolute atomic E-state index is 5.41. The zero-order chi connectivity index (χ0) is 5.86. The molecular formula is C4H8ClNS. The van der Waals surface area contributed by atoms with Crippen molar-refractivity contribution in [1.29, 1.82) is 0 Å². The molecule has 0 spiro atoms. The van der Waals surface area contributed by atoms with Crippen molar-refractivity contribution in [2.24, 2.45) is 0 Å². The smallest absolute Gasteiger partial charge is 0.0142 e. The molecular weight excluding hydrogens is 130 g/mol. The topological polar surface area (TPSA) is 3.24 Å². The average molecular weight is 138 g/mol. The molecule has 0 aliphatic heterocycles. The normalized spacial score (nSPS) is 9.71. The summed E-state index contributed by atoms with van der Waals surface area (Å²) in [7, 11) is 1.76. The molecule has 0 amide bonds. The van der Waals surface area contributed by atoms with E-state index in [0.29, 0.717) is 0 Å². The van der Waals surface area contributed by atoms with Crippen LogP contribution in [-0.4, -0.2) is 10.9 Å². The Kier molecular flexibility index (Phi) is 3.52. The minimum absolute atomic E-state index is 0.998. The summed E-state index contributed by atoms with van der Waals surface area (Å²) in [5, 5.41) is 0. The van der Waals surface area contributed by atoms with Gasteiger partial charge in [0.25, 0.3) is 0 Å². The first-order valence-corrected chi connectivity index (χ1v) is 2.97. The highest BCUT2D eigenvalue weighted by molar-refractivity contribution is 8.01. The molecule has 0 rings (SSSR count). The van der Waals surface area contributed by atoms with E-state index in [9.17, 15) is 0 Å². The lowest BCUT2D eigenvalue weighted by molar-refractivity contribution is 0.925. The van der Waals surface area contributed by atoms with Crippen molar-refractivity contribution in [3.05, 3.63) is 11.5 Å². The second-order valence-corrected chi connectivity index (χ2v) is 3.35. The van der Waals surface area contributed by atoms with Crippen molar-refractivity contribution in [2.75, 3.05) is 7.05 Å². The molecule has 0 aromatic heterocycles. The minimum Gasteiger partial charge on any atom is -0.162 e. The van der Waals surface area contributed by atoms with Crippen LogP contribution in [0.5, 0.6) is 0 Å². The van der Waals surface area contributed by atoms with Gasteiger partial charge >= 0.3 is 0 Å². The summed E-state index contributed by atoms with van der Waals surface area (Å²) in [6, 6.07) is 0. The molecule has 1 nitrogen and oxygen atoms in total. The fourth-order valence-electron chi connectivity index (χ4n) is 0.215. The van der Waals surface area contributed by atoms with Crippen molar-refractivity contribution in [2.45, 2.75) is 6.92 Å². The molecule has 0 unspecified atom stereocenters. The van der Waals surface area contributed by atoms with Gasteiger partial charge in [0.15, 0.2) is 0 Å².